The summed E-state index contributed by atoms with van der Waals surface area (Å²) in [6.07, 6.45) is 0.415. The maximum Gasteiger partial charge on any atom is 0.228 e. The summed E-state index contributed by atoms with van der Waals surface area (Å²) in [5, 5.41) is 5.22. The number of anilines is 2. The first kappa shape index (κ1) is 16.8. The van der Waals surface area contributed by atoms with E-state index in [1.165, 1.54) is 25.1 Å². The van der Waals surface area contributed by atoms with Crippen LogP contribution in [0.3, 0.4) is 0 Å². The average Bonchev–Trinajstić information content (AvgIpc) is 3.38. The maximum atomic E-state index is 13.6. The number of benzene rings is 2. The summed E-state index contributed by atoms with van der Waals surface area (Å²) >= 11 is 0. The summed E-state index contributed by atoms with van der Waals surface area (Å²) in [7, 11) is 0. The summed E-state index contributed by atoms with van der Waals surface area (Å²) in [5.74, 6) is -2.19. The topological polar surface area (TPSA) is 75.3 Å². The van der Waals surface area contributed by atoms with Crippen molar-refractivity contribution in [3.8, 4) is 0 Å². The van der Waals surface area contributed by atoms with Gasteiger partial charge in [-0.1, -0.05) is 24.3 Å². The molecule has 2 aromatic rings. The molecule has 2 atom stereocenters. The molecule has 0 aliphatic heterocycles. The van der Waals surface area contributed by atoms with Gasteiger partial charge >= 0.3 is 0 Å². The number of carbonyl (C=O) groups is 3. The fraction of sp³-hybridized carbons (Fsp3) is 0.211. The number of carbonyl (C=O) groups excluding carboxylic acids is 3. The van der Waals surface area contributed by atoms with Crippen LogP contribution in [0.1, 0.15) is 23.7 Å². The van der Waals surface area contributed by atoms with E-state index in [9.17, 15) is 18.8 Å². The number of hydrogen-bond acceptors (Lipinski definition) is 3. The number of rotatable bonds is 5. The molecule has 6 heteroatoms. The summed E-state index contributed by atoms with van der Waals surface area (Å²) < 4.78 is 13.6. The highest BCUT2D eigenvalue weighted by molar-refractivity contribution is 6.04. The Kier molecular flexibility index (Phi) is 4.61. The van der Waals surface area contributed by atoms with Gasteiger partial charge in [-0.3, -0.25) is 14.4 Å². The smallest absolute Gasteiger partial charge is 0.228 e. The second-order valence-electron chi connectivity index (χ2n) is 6.04. The number of Topliss-reactive ketones (excluding diaryl/α,β-unsaturated/α-hetero) is 1. The van der Waals surface area contributed by atoms with E-state index in [4.69, 9.17) is 0 Å². The SMILES string of the molecule is CC(=O)c1cccc(NC(=O)C2CC2C(=O)Nc2ccccc2F)c1. The van der Waals surface area contributed by atoms with Crippen molar-refractivity contribution in [2.45, 2.75) is 13.3 Å². The van der Waals surface area contributed by atoms with Crippen LogP contribution in [0.4, 0.5) is 15.8 Å². The Balaban J connectivity index is 1.59. The summed E-state index contributed by atoms with van der Waals surface area (Å²) in [6, 6.07) is 12.5. The van der Waals surface area contributed by atoms with Gasteiger partial charge in [-0.2, -0.15) is 0 Å². The molecule has 0 bridgehead atoms. The number of hydrogen-bond donors (Lipinski definition) is 2. The highest BCUT2D eigenvalue weighted by Crippen LogP contribution is 2.40. The van der Waals surface area contributed by atoms with E-state index in [2.05, 4.69) is 10.6 Å². The van der Waals surface area contributed by atoms with Gasteiger partial charge in [-0.15, -0.1) is 0 Å². The van der Waals surface area contributed by atoms with Crippen LogP contribution in [-0.4, -0.2) is 17.6 Å². The van der Waals surface area contributed by atoms with Crippen LogP contribution in [-0.2, 0) is 9.59 Å². The van der Waals surface area contributed by atoms with Gasteiger partial charge in [-0.05, 0) is 37.6 Å². The van der Waals surface area contributed by atoms with Gasteiger partial charge in [-0.25, -0.2) is 4.39 Å². The zero-order valence-electron chi connectivity index (χ0n) is 13.6. The van der Waals surface area contributed by atoms with Crippen molar-refractivity contribution in [2.24, 2.45) is 11.8 Å². The average molecular weight is 340 g/mol. The largest absolute Gasteiger partial charge is 0.326 e. The third kappa shape index (κ3) is 3.91. The minimum absolute atomic E-state index is 0.0929. The standard InChI is InChI=1S/C19H17FN2O3/c1-11(23)12-5-4-6-13(9-12)21-18(24)14-10-15(14)19(25)22-17-8-3-2-7-16(17)20/h2-9,14-15H,10H2,1H3,(H,21,24)(H,22,25). The highest BCUT2D eigenvalue weighted by Gasteiger charge is 2.48. The number of halogens is 1. The van der Waals surface area contributed by atoms with Crippen LogP contribution in [0.5, 0.6) is 0 Å². The molecule has 2 amide bonds. The lowest BCUT2D eigenvalue weighted by molar-refractivity contribution is -0.122. The third-order valence-corrected chi connectivity index (χ3v) is 4.13. The van der Waals surface area contributed by atoms with Crippen molar-refractivity contribution >= 4 is 29.0 Å². The van der Waals surface area contributed by atoms with E-state index in [0.717, 1.165) is 0 Å². The Labute approximate surface area is 144 Å². The molecule has 5 nitrogen and oxygen atoms in total. The van der Waals surface area contributed by atoms with Gasteiger partial charge in [0.05, 0.1) is 17.5 Å². The van der Waals surface area contributed by atoms with Crippen LogP contribution < -0.4 is 10.6 Å². The monoisotopic (exact) mass is 340 g/mol. The first-order valence-electron chi connectivity index (χ1n) is 7.93. The van der Waals surface area contributed by atoms with Gasteiger partial charge in [0.25, 0.3) is 0 Å². The van der Waals surface area contributed by atoms with Crippen molar-refractivity contribution < 1.29 is 18.8 Å². The molecule has 1 fully saturated rings. The van der Waals surface area contributed by atoms with E-state index in [-0.39, 0.29) is 23.3 Å². The molecule has 1 aliphatic rings. The molecule has 1 aliphatic carbocycles. The Morgan fingerprint density at radius 2 is 1.64 bits per heavy atom. The first-order valence-corrected chi connectivity index (χ1v) is 7.93. The van der Waals surface area contributed by atoms with E-state index in [1.807, 2.05) is 0 Å². The van der Waals surface area contributed by atoms with Crippen LogP contribution >= 0.6 is 0 Å². The number of para-hydroxylation sites is 1. The zero-order valence-corrected chi connectivity index (χ0v) is 13.6. The molecular formula is C19H17FN2O3. The van der Waals surface area contributed by atoms with Crippen LogP contribution in [0.15, 0.2) is 48.5 Å². The van der Waals surface area contributed by atoms with E-state index in [0.29, 0.717) is 17.7 Å². The lowest BCUT2D eigenvalue weighted by atomic mass is 10.1. The van der Waals surface area contributed by atoms with Crippen molar-refractivity contribution in [3.05, 3.63) is 59.9 Å². The van der Waals surface area contributed by atoms with E-state index >= 15 is 0 Å². The van der Waals surface area contributed by atoms with Gasteiger partial charge in [0.15, 0.2) is 5.78 Å². The van der Waals surface area contributed by atoms with Gasteiger partial charge in [0, 0.05) is 11.3 Å². The zero-order chi connectivity index (χ0) is 18.0. The summed E-state index contributed by atoms with van der Waals surface area (Å²) in [6.45, 7) is 1.45. The quantitative estimate of drug-likeness (QED) is 0.821. The number of nitrogens with one attached hydrogen (secondary N) is 2. The number of amides is 2. The van der Waals surface area contributed by atoms with Crippen molar-refractivity contribution in [1.29, 1.82) is 0 Å². The molecule has 2 unspecified atom stereocenters. The highest BCUT2D eigenvalue weighted by atomic mass is 19.1. The molecule has 2 aromatic carbocycles. The van der Waals surface area contributed by atoms with Crippen LogP contribution in [0.2, 0.25) is 0 Å². The Morgan fingerprint density at radius 1 is 0.960 bits per heavy atom. The fourth-order valence-electron chi connectivity index (χ4n) is 2.61. The predicted octanol–water partition coefficient (Wildman–Crippen LogP) is 3.24. The van der Waals surface area contributed by atoms with Crippen molar-refractivity contribution in [1.82, 2.24) is 0 Å². The second kappa shape index (κ2) is 6.84. The van der Waals surface area contributed by atoms with E-state index < -0.39 is 17.7 Å². The van der Waals surface area contributed by atoms with Gasteiger partial charge in [0.2, 0.25) is 11.8 Å². The van der Waals surface area contributed by atoms with E-state index in [1.54, 1.807) is 30.3 Å². The lowest BCUT2D eigenvalue weighted by Crippen LogP contribution is -2.21. The molecule has 1 saturated carbocycles. The summed E-state index contributed by atoms with van der Waals surface area (Å²) in [5.41, 5.74) is 1.12. The normalized spacial score (nSPS) is 18.3. The molecular weight excluding hydrogens is 323 g/mol. The van der Waals surface area contributed by atoms with Crippen LogP contribution in [0, 0.1) is 17.7 Å². The molecule has 0 spiro atoms. The molecule has 128 valence electrons. The molecule has 3 rings (SSSR count). The van der Waals surface area contributed by atoms with Crippen LogP contribution in [0.25, 0.3) is 0 Å². The Bertz CT molecular complexity index is 850. The minimum Gasteiger partial charge on any atom is -0.326 e. The van der Waals surface area contributed by atoms with Gasteiger partial charge in [0.1, 0.15) is 5.82 Å². The minimum atomic E-state index is -0.515. The Hall–Kier alpha value is -3.02. The lowest BCUT2D eigenvalue weighted by Gasteiger charge is -2.07. The van der Waals surface area contributed by atoms with Crippen molar-refractivity contribution in [2.75, 3.05) is 10.6 Å². The molecule has 25 heavy (non-hydrogen) atoms. The maximum absolute atomic E-state index is 13.6. The number of ketones is 1. The predicted molar refractivity (Wildman–Crippen MR) is 91.7 cm³/mol. The molecule has 0 saturated heterocycles. The Morgan fingerprint density at radius 3 is 2.32 bits per heavy atom. The van der Waals surface area contributed by atoms with Gasteiger partial charge < -0.3 is 10.6 Å². The first-order chi connectivity index (χ1) is 12.0. The summed E-state index contributed by atoms with van der Waals surface area (Å²) in [4.78, 5) is 35.8. The molecule has 2 N–H and O–H groups in total. The fourth-order valence-corrected chi connectivity index (χ4v) is 2.61. The molecule has 0 aromatic heterocycles. The molecule has 0 radical (unpaired) electrons. The molecule has 0 heterocycles. The third-order valence-electron chi connectivity index (χ3n) is 4.13. The van der Waals surface area contributed by atoms with Crippen molar-refractivity contribution in [3.63, 3.8) is 0 Å². The second-order valence-corrected chi connectivity index (χ2v) is 6.04.